The summed E-state index contributed by atoms with van der Waals surface area (Å²) in [6, 6.07) is 7.22. The van der Waals surface area contributed by atoms with E-state index in [-0.39, 0.29) is 5.92 Å². The van der Waals surface area contributed by atoms with Gasteiger partial charge in [-0.3, -0.25) is 0 Å². The Morgan fingerprint density at radius 3 is 2.72 bits per heavy atom. The predicted octanol–water partition coefficient (Wildman–Crippen LogP) is 1.57. The van der Waals surface area contributed by atoms with Crippen LogP contribution < -0.4 is 0 Å². The van der Waals surface area contributed by atoms with E-state index in [1.54, 1.807) is 19.1 Å². The van der Waals surface area contributed by atoms with Crippen LogP contribution in [0.4, 0.5) is 0 Å². The van der Waals surface area contributed by atoms with Crippen molar-refractivity contribution in [3.63, 3.8) is 0 Å². The molecule has 3 rings (SSSR count). The molecule has 4 nitrogen and oxygen atoms in total. The standard InChI is InChI=1S/C13H14ClNO3/c1-13(17)6-9(16)10-11(15-18-12(10)13)7-2-4-8(14)5-3-7/h2-5,9-10,12,16-17H,6H2,1H3/t9-,10+,12-,13+/m0/s1. The van der Waals surface area contributed by atoms with Gasteiger partial charge in [-0.05, 0) is 24.6 Å². The number of aliphatic hydroxyl groups is 2. The molecule has 5 heteroatoms. The fourth-order valence-electron chi connectivity index (χ4n) is 2.80. The molecule has 0 bridgehead atoms. The van der Waals surface area contributed by atoms with Crippen LogP contribution in [-0.2, 0) is 4.84 Å². The lowest BCUT2D eigenvalue weighted by molar-refractivity contribution is -0.0738. The molecule has 96 valence electrons. The Morgan fingerprint density at radius 2 is 2.06 bits per heavy atom. The molecule has 1 aliphatic carbocycles. The largest absolute Gasteiger partial charge is 0.392 e. The van der Waals surface area contributed by atoms with Crippen molar-refractivity contribution in [2.24, 2.45) is 11.1 Å². The number of benzene rings is 1. The van der Waals surface area contributed by atoms with E-state index in [1.807, 2.05) is 12.1 Å². The first-order valence-electron chi connectivity index (χ1n) is 5.89. The number of oxime groups is 1. The van der Waals surface area contributed by atoms with Crippen LogP contribution in [0.5, 0.6) is 0 Å². The summed E-state index contributed by atoms with van der Waals surface area (Å²) in [4.78, 5) is 5.30. The summed E-state index contributed by atoms with van der Waals surface area (Å²) in [6.07, 6.45) is -0.810. The van der Waals surface area contributed by atoms with E-state index in [9.17, 15) is 10.2 Å². The molecular weight excluding hydrogens is 254 g/mol. The molecule has 2 N–H and O–H groups in total. The van der Waals surface area contributed by atoms with E-state index >= 15 is 0 Å². The van der Waals surface area contributed by atoms with Crippen LogP contribution in [0.25, 0.3) is 0 Å². The molecule has 0 unspecified atom stereocenters. The van der Waals surface area contributed by atoms with Crippen molar-refractivity contribution in [3.05, 3.63) is 34.9 Å². The van der Waals surface area contributed by atoms with Crippen molar-refractivity contribution in [1.29, 1.82) is 0 Å². The monoisotopic (exact) mass is 267 g/mol. The number of hydrogen-bond acceptors (Lipinski definition) is 4. The fraction of sp³-hybridized carbons (Fsp3) is 0.462. The Balaban J connectivity index is 1.94. The van der Waals surface area contributed by atoms with Crippen molar-refractivity contribution >= 4 is 17.3 Å². The molecule has 1 heterocycles. The Hall–Kier alpha value is -1.10. The van der Waals surface area contributed by atoms with Crippen LogP contribution in [0.2, 0.25) is 5.02 Å². The second kappa shape index (κ2) is 3.95. The Kier molecular flexibility index (Phi) is 2.62. The smallest absolute Gasteiger partial charge is 0.166 e. The zero-order chi connectivity index (χ0) is 12.9. The minimum Gasteiger partial charge on any atom is -0.392 e. The third kappa shape index (κ3) is 1.72. The highest BCUT2D eigenvalue weighted by atomic mass is 35.5. The van der Waals surface area contributed by atoms with Crippen LogP contribution in [0.1, 0.15) is 18.9 Å². The van der Waals surface area contributed by atoms with E-state index in [1.165, 1.54) is 0 Å². The molecule has 0 amide bonds. The molecule has 18 heavy (non-hydrogen) atoms. The second-order valence-corrected chi connectivity index (χ2v) is 5.60. The summed E-state index contributed by atoms with van der Waals surface area (Å²) in [7, 11) is 0. The van der Waals surface area contributed by atoms with E-state index in [4.69, 9.17) is 16.4 Å². The topological polar surface area (TPSA) is 62.0 Å². The molecule has 0 aromatic heterocycles. The zero-order valence-electron chi connectivity index (χ0n) is 9.88. The average molecular weight is 268 g/mol. The number of hydrogen-bond donors (Lipinski definition) is 2. The van der Waals surface area contributed by atoms with Crippen molar-refractivity contribution in [1.82, 2.24) is 0 Å². The van der Waals surface area contributed by atoms with Gasteiger partial charge in [0.2, 0.25) is 0 Å². The molecule has 0 radical (unpaired) electrons. The van der Waals surface area contributed by atoms with Crippen molar-refractivity contribution in [2.45, 2.75) is 31.2 Å². The molecule has 1 aromatic carbocycles. The van der Waals surface area contributed by atoms with Crippen LogP contribution in [0, 0.1) is 5.92 Å². The summed E-state index contributed by atoms with van der Waals surface area (Å²) in [5.74, 6) is -0.277. The molecule has 0 spiro atoms. The number of aliphatic hydroxyl groups excluding tert-OH is 1. The lowest BCUT2D eigenvalue weighted by atomic mass is 9.91. The van der Waals surface area contributed by atoms with E-state index in [0.717, 1.165) is 5.56 Å². The summed E-state index contributed by atoms with van der Waals surface area (Å²) in [5.41, 5.74) is 0.507. The van der Waals surface area contributed by atoms with Crippen LogP contribution in [0.3, 0.4) is 0 Å². The maximum absolute atomic E-state index is 10.2. The maximum Gasteiger partial charge on any atom is 0.166 e. The van der Waals surface area contributed by atoms with Gasteiger partial charge in [-0.1, -0.05) is 28.9 Å². The van der Waals surface area contributed by atoms with Gasteiger partial charge in [-0.25, -0.2) is 0 Å². The highest BCUT2D eigenvalue weighted by Gasteiger charge is 2.56. The zero-order valence-corrected chi connectivity index (χ0v) is 10.6. The number of halogens is 1. The van der Waals surface area contributed by atoms with Gasteiger partial charge in [0.25, 0.3) is 0 Å². The number of rotatable bonds is 1. The van der Waals surface area contributed by atoms with Gasteiger partial charge in [-0.15, -0.1) is 0 Å². The molecule has 1 fully saturated rings. The van der Waals surface area contributed by atoms with E-state index in [0.29, 0.717) is 17.2 Å². The van der Waals surface area contributed by atoms with Crippen LogP contribution in [-0.4, -0.2) is 33.7 Å². The van der Waals surface area contributed by atoms with Crippen molar-refractivity contribution < 1.29 is 15.1 Å². The minimum atomic E-state index is -1.04. The average Bonchev–Trinajstić information content (AvgIpc) is 2.82. The van der Waals surface area contributed by atoms with Gasteiger partial charge in [0.1, 0.15) is 5.60 Å². The lowest BCUT2D eigenvalue weighted by Gasteiger charge is -2.21. The molecule has 4 atom stereocenters. The highest BCUT2D eigenvalue weighted by Crippen LogP contribution is 2.42. The first kappa shape index (κ1) is 12.0. The summed E-state index contributed by atoms with van der Waals surface area (Å²) in [5, 5.41) is 24.9. The van der Waals surface area contributed by atoms with Gasteiger partial charge in [0, 0.05) is 11.4 Å². The van der Waals surface area contributed by atoms with Gasteiger partial charge in [0.15, 0.2) is 6.10 Å². The second-order valence-electron chi connectivity index (χ2n) is 5.16. The number of fused-ring (bicyclic) bond motifs is 1. The Labute approximate surface area is 110 Å². The van der Waals surface area contributed by atoms with Gasteiger partial charge < -0.3 is 15.1 Å². The van der Waals surface area contributed by atoms with Gasteiger partial charge in [-0.2, -0.15) is 0 Å². The molecule has 0 saturated heterocycles. The maximum atomic E-state index is 10.2. The summed E-state index contributed by atoms with van der Waals surface area (Å²) >= 11 is 5.84. The Bertz CT molecular complexity index is 497. The highest BCUT2D eigenvalue weighted by molar-refractivity contribution is 6.30. The first-order valence-corrected chi connectivity index (χ1v) is 6.27. The quantitative estimate of drug-likeness (QED) is 0.812. The third-order valence-corrected chi connectivity index (χ3v) is 3.95. The fourth-order valence-corrected chi connectivity index (χ4v) is 2.93. The van der Waals surface area contributed by atoms with Crippen molar-refractivity contribution in [2.75, 3.05) is 0 Å². The SMILES string of the molecule is C[C@@]1(O)C[C@H](O)[C@@H]2C(c3ccc(Cl)cc3)=NO[C@@H]21. The van der Waals surface area contributed by atoms with Crippen molar-refractivity contribution in [3.8, 4) is 0 Å². The van der Waals surface area contributed by atoms with Crippen LogP contribution >= 0.6 is 11.6 Å². The summed E-state index contributed by atoms with van der Waals surface area (Å²) < 4.78 is 0. The normalized spacial score (nSPS) is 38.2. The molecule has 2 aliphatic rings. The predicted molar refractivity (Wildman–Crippen MR) is 67.6 cm³/mol. The van der Waals surface area contributed by atoms with Gasteiger partial charge in [0.05, 0.1) is 17.7 Å². The van der Waals surface area contributed by atoms with E-state index < -0.39 is 17.8 Å². The minimum absolute atomic E-state index is 0.277. The molecular formula is C13H14ClNO3. The first-order chi connectivity index (χ1) is 8.49. The Morgan fingerprint density at radius 1 is 1.39 bits per heavy atom. The number of nitrogens with zero attached hydrogens (tertiary/aromatic N) is 1. The molecule has 1 saturated carbocycles. The molecule has 1 aliphatic heterocycles. The lowest BCUT2D eigenvalue weighted by Crippen LogP contribution is -2.37. The van der Waals surface area contributed by atoms with E-state index in [2.05, 4.69) is 5.16 Å². The third-order valence-electron chi connectivity index (χ3n) is 3.70. The van der Waals surface area contributed by atoms with Gasteiger partial charge >= 0.3 is 0 Å². The van der Waals surface area contributed by atoms with Crippen LogP contribution in [0.15, 0.2) is 29.4 Å². The summed E-state index contributed by atoms with van der Waals surface area (Å²) in [6.45, 7) is 1.67. The molecule has 1 aromatic rings.